The highest BCUT2D eigenvalue weighted by Gasteiger charge is 1.93. The van der Waals surface area contributed by atoms with Gasteiger partial charge in [-0.1, -0.05) is 6.07 Å². The molecule has 5 heteroatoms. The normalized spacial score (nSPS) is 11.2. The summed E-state index contributed by atoms with van der Waals surface area (Å²) in [7, 11) is 7.48. The molecule has 1 aromatic heterocycles. The molecular weight excluding hydrogens is 202 g/mol. The van der Waals surface area contributed by atoms with E-state index in [9.17, 15) is 0 Å². The first-order chi connectivity index (χ1) is 7.58. The van der Waals surface area contributed by atoms with E-state index in [-0.39, 0.29) is 0 Å². The zero-order valence-corrected chi connectivity index (χ0v) is 10.1. The molecule has 0 aliphatic heterocycles. The number of nitrogens with zero attached hydrogens (tertiary/aromatic N) is 5. The second-order valence-corrected chi connectivity index (χ2v) is 3.67. The van der Waals surface area contributed by atoms with Crippen molar-refractivity contribution in [1.82, 2.24) is 15.0 Å². The fourth-order valence-corrected chi connectivity index (χ4v) is 0.962. The summed E-state index contributed by atoms with van der Waals surface area (Å²) in [4.78, 5) is 4.36. The van der Waals surface area contributed by atoms with Gasteiger partial charge in [-0.3, -0.25) is 0 Å². The van der Waals surface area contributed by atoms with Crippen LogP contribution in [-0.2, 0) is 0 Å². The van der Waals surface area contributed by atoms with E-state index >= 15 is 0 Å². The van der Waals surface area contributed by atoms with E-state index in [4.69, 9.17) is 0 Å². The van der Waals surface area contributed by atoms with Crippen molar-refractivity contribution in [2.45, 2.75) is 0 Å². The maximum Gasteiger partial charge on any atom is 0.0838 e. The Morgan fingerprint density at radius 3 is 1.75 bits per heavy atom. The van der Waals surface area contributed by atoms with E-state index in [1.54, 1.807) is 22.4 Å². The summed E-state index contributed by atoms with van der Waals surface area (Å²) in [6.07, 6.45) is 3.43. The Kier molecular flexibility index (Phi) is 4.44. The van der Waals surface area contributed by atoms with Crippen LogP contribution in [0.1, 0.15) is 11.4 Å². The summed E-state index contributed by atoms with van der Waals surface area (Å²) in [5.74, 6) is 0. The Hall–Kier alpha value is -1.91. The minimum atomic E-state index is 0.816. The molecule has 1 heterocycles. The van der Waals surface area contributed by atoms with Crippen LogP contribution in [0.3, 0.4) is 0 Å². The van der Waals surface area contributed by atoms with Crippen LogP contribution in [0.2, 0.25) is 0 Å². The molecule has 86 valence electrons. The summed E-state index contributed by atoms with van der Waals surface area (Å²) in [5.41, 5.74) is 1.63. The van der Waals surface area contributed by atoms with Crippen LogP contribution in [0.5, 0.6) is 0 Å². The Morgan fingerprint density at radius 2 is 1.38 bits per heavy atom. The van der Waals surface area contributed by atoms with E-state index < -0.39 is 0 Å². The predicted molar refractivity (Wildman–Crippen MR) is 66.8 cm³/mol. The molecule has 0 saturated carbocycles. The second-order valence-electron chi connectivity index (χ2n) is 3.67. The molecule has 0 unspecified atom stereocenters. The number of hydrogen-bond acceptors (Lipinski definition) is 5. The van der Waals surface area contributed by atoms with E-state index in [1.807, 2.05) is 46.4 Å². The van der Waals surface area contributed by atoms with Crippen molar-refractivity contribution < 1.29 is 0 Å². The Balaban J connectivity index is 2.79. The molecular formula is C11H17N5. The third-order valence-corrected chi connectivity index (χ3v) is 1.63. The van der Waals surface area contributed by atoms with Crippen LogP contribution in [0.15, 0.2) is 28.4 Å². The molecule has 0 atom stereocenters. The van der Waals surface area contributed by atoms with Crippen LogP contribution >= 0.6 is 0 Å². The maximum absolute atomic E-state index is 4.36. The van der Waals surface area contributed by atoms with Gasteiger partial charge in [0, 0.05) is 28.2 Å². The van der Waals surface area contributed by atoms with Gasteiger partial charge in [-0.15, -0.1) is 0 Å². The summed E-state index contributed by atoms with van der Waals surface area (Å²) in [5, 5.41) is 11.7. The van der Waals surface area contributed by atoms with Gasteiger partial charge in [0.25, 0.3) is 0 Å². The second kappa shape index (κ2) is 5.85. The van der Waals surface area contributed by atoms with Gasteiger partial charge in [0.05, 0.1) is 23.8 Å². The summed E-state index contributed by atoms with van der Waals surface area (Å²) >= 11 is 0. The maximum atomic E-state index is 4.36. The molecule has 0 aliphatic rings. The molecule has 0 N–H and O–H groups in total. The molecule has 0 bridgehead atoms. The third-order valence-electron chi connectivity index (χ3n) is 1.63. The average Bonchev–Trinajstić information content (AvgIpc) is 2.24. The van der Waals surface area contributed by atoms with Crippen molar-refractivity contribution in [3.05, 3.63) is 29.6 Å². The van der Waals surface area contributed by atoms with Gasteiger partial charge >= 0.3 is 0 Å². The smallest absolute Gasteiger partial charge is 0.0838 e. The SMILES string of the molecule is CN(C)N=Cc1cccc(C=NN(C)C)n1. The summed E-state index contributed by atoms with van der Waals surface area (Å²) in [6.45, 7) is 0. The lowest BCUT2D eigenvalue weighted by molar-refractivity contribution is 0.440. The molecule has 0 saturated heterocycles. The largest absolute Gasteiger partial charge is 0.303 e. The monoisotopic (exact) mass is 219 g/mol. The van der Waals surface area contributed by atoms with Crippen molar-refractivity contribution in [3.8, 4) is 0 Å². The Labute approximate surface area is 96.1 Å². The van der Waals surface area contributed by atoms with Crippen LogP contribution in [0.4, 0.5) is 0 Å². The quantitative estimate of drug-likeness (QED) is 0.557. The molecule has 1 rings (SSSR count). The first-order valence-corrected chi connectivity index (χ1v) is 4.97. The molecule has 5 nitrogen and oxygen atoms in total. The van der Waals surface area contributed by atoms with Gasteiger partial charge in [-0.05, 0) is 12.1 Å². The fraction of sp³-hybridized carbons (Fsp3) is 0.364. The zero-order chi connectivity index (χ0) is 12.0. The third kappa shape index (κ3) is 4.54. The highest BCUT2D eigenvalue weighted by Crippen LogP contribution is 1.95. The minimum absolute atomic E-state index is 0.816. The minimum Gasteiger partial charge on any atom is -0.303 e. The summed E-state index contributed by atoms with van der Waals surface area (Å²) in [6, 6.07) is 5.74. The lowest BCUT2D eigenvalue weighted by atomic mass is 10.3. The average molecular weight is 219 g/mol. The molecule has 0 aromatic carbocycles. The highest BCUT2D eigenvalue weighted by molar-refractivity contribution is 5.81. The summed E-state index contributed by atoms with van der Waals surface area (Å²) < 4.78 is 0. The number of pyridine rings is 1. The van der Waals surface area contributed by atoms with E-state index in [1.165, 1.54) is 0 Å². The van der Waals surface area contributed by atoms with E-state index in [2.05, 4.69) is 15.2 Å². The number of hydrazone groups is 2. The molecule has 16 heavy (non-hydrogen) atoms. The first-order valence-electron chi connectivity index (χ1n) is 4.97. The lowest BCUT2D eigenvalue weighted by Gasteiger charge is -2.03. The van der Waals surface area contributed by atoms with Crippen molar-refractivity contribution >= 4 is 12.4 Å². The Morgan fingerprint density at radius 1 is 0.938 bits per heavy atom. The van der Waals surface area contributed by atoms with Gasteiger partial charge < -0.3 is 10.0 Å². The van der Waals surface area contributed by atoms with Crippen LogP contribution < -0.4 is 0 Å². The van der Waals surface area contributed by atoms with Crippen LogP contribution in [0, 0.1) is 0 Å². The van der Waals surface area contributed by atoms with Gasteiger partial charge in [-0.25, -0.2) is 4.98 Å². The van der Waals surface area contributed by atoms with Crippen LogP contribution in [0.25, 0.3) is 0 Å². The van der Waals surface area contributed by atoms with Gasteiger partial charge in [0.15, 0.2) is 0 Å². The molecule has 1 aromatic rings. The van der Waals surface area contributed by atoms with Gasteiger partial charge in [0.1, 0.15) is 0 Å². The van der Waals surface area contributed by atoms with E-state index in [0.717, 1.165) is 11.4 Å². The van der Waals surface area contributed by atoms with Gasteiger partial charge in [-0.2, -0.15) is 10.2 Å². The fourth-order valence-electron chi connectivity index (χ4n) is 0.962. The Bertz CT molecular complexity index is 348. The van der Waals surface area contributed by atoms with Crippen LogP contribution in [-0.4, -0.2) is 55.6 Å². The van der Waals surface area contributed by atoms with E-state index in [0.29, 0.717) is 0 Å². The lowest BCUT2D eigenvalue weighted by Crippen LogP contribution is -2.04. The number of hydrogen-bond donors (Lipinski definition) is 0. The van der Waals surface area contributed by atoms with Crippen molar-refractivity contribution in [1.29, 1.82) is 0 Å². The van der Waals surface area contributed by atoms with Crippen molar-refractivity contribution in [2.75, 3.05) is 28.2 Å². The number of rotatable bonds is 4. The van der Waals surface area contributed by atoms with Gasteiger partial charge in [0.2, 0.25) is 0 Å². The standard InChI is InChI=1S/C11H17N5/c1-15(2)12-8-10-6-5-7-11(14-10)9-13-16(3)4/h5-9H,1-4H3. The number of aromatic nitrogens is 1. The molecule has 0 fully saturated rings. The molecule has 0 radical (unpaired) electrons. The van der Waals surface area contributed by atoms with Crippen molar-refractivity contribution in [3.63, 3.8) is 0 Å². The topological polar surface area (TPSA) is 44.1 Å². The molecule has 0 aliphatic carbocycles. The zero-order valence-electron chi connectivity index (χ0n) is 10.1. The predicted octanol–water partition coefficient (Wildman–Crippen LogP) is 0.873. The molecule has 0 amide bonds. The highest BCUT2D eigenvalue weighted by atomic mass is 15.4. The van der Waals surface area contributed by atoms with Crippen molar-refractivity contribution in [2.24, 2.45) is 10.2 Å². The molecule has 0 spiro atoms. The first kappa shape index (κ1) is 12.2.